The van der Waals surface area contributed by atoms with Crippen LogP contribution in [0.4, 0.5) is 35.1 Å². The summed E-state index contributed by atoms with van der Waals surface area (Å²) in [5.74, 6) is -3.03. The van der Waals surface area contributed by atoms with E-state index in [-0.39, 0.29) is 11.1 Å². The second-order valence-electron chi connectivity index (χ2n) is 9.95. The fraction of sp³-hybridized carbons (Fsp3) is 0.0588. The zero-order valence-corrected chi connectivity index (χ0v) is 23.3. The number of allylic oxidation sites excluding steroid dienone is 8. The Morgan fingerprint density at radius 1 is 0.458 bits per heavy atom. The molecule has 0 heterocycles. The maximum Gasteiger partial charge on any atom is 0.416 e. The van der Waals surface area contributed by atoms with Gasteiger partial charge in [0.2, 0.25) is 0 Å². The summed E-state index contributed by atoms with van der Waals surface area (Å²) in [4.78, 5) is 0. The summed E-state index contributed by atoms with van der Waals surface area (Å²) < 4.78 is 113. The van der Waals surface area contributed by atoms with Crippen molar-refractivity contribution < 1.29 is 35.1 Å². The van der Waals surface area contributed by atoms with Gasteiger partial charge in [0, 0.05) is 44.5 Å². The highest BCUT2D eigenvalue weighted by Gasteiger charge is 2.44. The second-order valence-corrected chi connectivity index (χ2v) is 9.95. The first-order valence-corrected chi connectivity index (χ1v) is 13.0. The molecule has 0 saturated heterocycles. The van der Waals surface area contributed by atoms with E-state index in [1.165, 1.54) is 24.3 Å². The maximum atomic E-state index is 16.9. The molecule has 2 aliphatic rings. The van der Waals surface area contributed by atoms with Gasteiger partial charge in [0.25, 0.3) is 0 Å². The molecule has 0 aliphatic heterocycles. The van der Waals surface area contributed by atoms with Crippen LogP contribution < -0.4 is 0 Å². The molecule has 14 heteroatoms. The molecular weight excluding hydrogens is 644 g/mol. The summed E-state index contributed by atoms with van der Waals surface area (Å²) in [5.41, 5.74) is -11.9. The lowest BCUT2D eigenvalue weighted by atomic mass is 9.88. The molecular formula is C34H8F8N6. The standard InChI is InChI=1S/C34H8F8N6/c35-31-27-21(13-47)23(15-1-5-19(6-2-15)33(37,38)39)25(17(9-43)10-44)29(27)32(36)28-22(14-48)24(26(30(28)31)18(11-45)12-46)16-3-7-20(8-4-16)34(40,41)42/h1-8H. The number of rotatable bonds is 2. The van der Waals surface area contributed by atoms with Crippen LogP contribution in [-0.4, -0.2) is 0 Å². The summed E-state index contributed by atoms with van der Waals surface area (Å²) in [6, 6.07) is 15.1. The molecule has 0 atom stereocenters. The number of fused-ring (bicyclic) bond motifs is 2. The Morgan fingerprint density at radius 3 is 0.979 bits per heavy atom. The topological polar surface area (TPSA) is 143 Å². The van der Waals surface area contributed by atoms with E-state index in [2.05, 4.69) is 0 Å². The molecule has 5 rings (SSSR count). The molecule has 3 aromatic carbocycles. The van der Waals surface area contributed by atoms with Crippen LogP contribution in [0.15, 0.2) is 59.7 Å². The quantitative estimate of drug-likeness (QED) is 0.201. The molecule has 0 amide bonds. The third kappa shape index (κ3) is 4.74. The molecule has 3 aromatic rings. The lowest BCUT2D eigenvalue weighted by Crippen LogP contribution is -2.05. The van der Waals surface area contributed by atoms with Crippen molar-refractivity contribution in [3.63, 3.8) is 0 Å². The SMILES string of the molecule is N#CC(C#N)=C1C(c2ccc(C(F)(F)F)cc2)=C(C#N)c2c(F)c3c(c(F)c21)C(C#N)=C(c1ccc(C(F)(F)F)cc1)C3=C(C#N)C#N. The molecule has 0 saturated carbocycles. The average Bonchev–Trinajstić information content (AvgIpc) is 3.59. The van der Waals surface area contributed by atoms with Gasteiger partial charge in [0.05, 0.1) is 22.3 Å². The van der Waals surface area contributed by atoms with Crippen LogP contribution in [0, 0.1) is 79.6 Å². The lowest BCUT2D eigenvalue weighted by molar-refractivity contribution is -0.138. The maximum absolute atomic E-state index is 16.9. The molecule has 230 valence electrons. The Balaban J connectivity index is 1.94. The Kier molecular flexibility index (Phi) is 7.71. The minimum absolute atomic E-state index is 0.250. The first kappa shape index (κ1) is 32.4. The van der Waals surface area contributed by atoms with Crippen LogP contribution in [0.1, 0.15) is 44.5 Å². The van der Waals surface area contributed by atoms with Crippen molar-refractivity contribution in [3.8, 4) is 36.4 Å². The van der Waals surface area contributed by atoms with Crippen molar-refractivity contribution >= 4 is 33.4 Å². The highest BCUT2D eigenvalue weighted by Crippen LogP contribution is 2.57. The van der Waals surface area contributed by atoms with Gasteiger partial charge in [-0.15, -0.1) is 0 Å². The molecule has 2 aliphatic carbocycles. The number of alkyl halides is 6. The molecule has 0 bridgehead atoms. The van der Waals surface area contributed by atoms with Gasteiger partial charge >= 0.3 is 12.4 Å². The van der Waals surface area contributed by atoms with Crippen LogP contribution in [0.2, 0.25) is 0 Å². The molecule has 0 spiro atoms. The van der Waals surface area contributed by atoms with Crippen LogP contribution in [-0.2, 0) is 12.4 Å². The monoisotopic (exact) mass is 652 g/mol. The lowest BCUT2D eigenvalue weighted by Gasteiger charge is -2.14. The number of nitriles is 6. The molecule has 0 unspecified atom stereocenters. The Labute approximate surface area is 264 Å². The van der Waals surface area contributed by atoms with Crippen LogP contribution in [0.3, 0.4) is 0 Å². The molecule has 48 heavy (non-hydrogen) atoms. The number of nitrogens with zero attached hydrogens (tertiary/aromatic N) is 6. The zero-order valence-electron chi connectivity index (χ0n) is 23.3. The van der Waals surface area contributed by atoms with Gasteiger partial charge in [0.1, 0.15) is 59.2 Å². The highest BCUT2D eigenvalue weighted by molar-refractivity contribution is 6.30. The molecule has 6 nitrogen and oxygen atoms in total. The van der Waals surface area contributed by atoms with Crippen molar-refractivity contribution in [2.24, 2.45) is 0 Å². The number of hydrogen-bond donors (Lipinski definition) is 0. The Morgan fingerprint density at radius 2 is 0.750 bits per heavy atom. The van der Waals surface area contributed by atoms with E-state index in [4.69, 9.17) is 0 Å². The van der Waals surface area contributed by atoms with Gasteiger partial charge in [-0.3, -0.25) is 0 Å². The largest absolute Gasteiger partial charge is 0.416 e. The van der Waals surface area contributed by atoms with E-state index in [9.17, 15) is 57.9 Å². The minimum Gasteiger partial charge on any atom is -0.206 e. The average molecular weight is 652 g/mol. The smallest absolute Gasteiger partial charge is 0.206 e. The van der Waals surface area contributed by atoms with Crippen molar-refractivity contribution in [1.29, 1.82) is 31.6 Å². The van der Waals surface area contributed by atoms with Crippen molar-refractivity contribution in [1.82, 2.24) is 0 Å². The minimum atomic E-state index is -4.79. The number of benzene rings is 3. The zero-order chi connectivity index (χ0) is 35.3. The fourth-order valence-corrected chi connectivity index (χ4v) is 5.60. The van der Waals surface area contributed by atoms with Gasteiger partial charge in [0.15, 0.2) is 0 Å². The van der Waals surface area contributed by atoms with Gasteiger partial charge in [-0.05, 0) is 35.4 Å². The van der Waals surface area contributed by atoms with E-state index < -0.39 is 102 Å². The van der Waals surface area contributed by atoms with Crippen molar-refractivity contribution in [3.05, 3.63) is 116 Å². The summed E-state index contributed by atoms with van der Waals surface area (Å²) in [7, 11) is 0. The number of halogens is 8. The van der Waals surface area contributed by atoms with Gasteiger partial charge in [-0.1, -0.05) is 24.3 Å². The molecule has 0 radical (unpaired) electrons. The predicted molar refractivity (Wildman–Crippen MR) is 150 cm³/mol. The summed E-state index contributed by atoms with van der Waals surface area (Å²) in [5, 5.41) is 59.4. The van der Waals surface area contributed by atoms with Crippen molar-refractivity contribution in [2.45, 2.75) is 12.4 Å². The predicted octanol–water partition coefficient (Wildman–Crippen LogP) is 8.50. The third-order valence-corrected chi connectivity index (χ3v) is 7.55. The third-order valence-electron chi connectivity index (χ3n) is 7.55. The van der Waals surface area contributed by atoms with Crippen LogP contribution in [0.25, 0.3) is 33.4 Å². The Hall–Kier alpha value is -7.00. The van der Waals surface area contributed by atoms with E-state index in [0.717, 1.165) is 24.3 Å². The first-order chi connectivity index (χ1) is 22.7. The van der Waals surface area contributed by atoms with Crippen molar-refractivity contribution in [2.75, 3.05) is 0 Å². The second kappa shape index (κ2) is 11.4. The molecule has 0 N–H and O–H groups in total. The molecule has 0 aromatic heterocycles. The molecule has 0 fully saturated rings. The van der Waals surface area contributed by atoms with Gasteiger partial charge in [-0.2, -0.15) is 57.9 Å². The van der Waals surface area contributed by atoms with E-state index >= 15 is 8.78 Å². The first-order valence-electron chi connectivity index (χ1n) is 13.0. The summed E-state index contributed by atoms with van der Waals surface area (Å²) >= 11 is 0. The van der Waals surface area contributed by atoms with Crippen LogP contribution >= 0.6 is 0 Å². The number of hydrogen-bond acceptors (Lipinski definition) is 6. The van der Waals surface area contributed by atoms with E-state index in [1.54, 1.807) is 12.1 Å². The fourth-order valence-electron chi connectivity index (χ4n) is 5.60. The van der Waals surface area contributed by atoms with E-state index in [0.29, 0.717) is 24.3 Å². The van der Waals surface area contributed by atoms with E-state index in [1.807, 2.05) is 0 Å². The van der Waals surface area contributed by atoms with Gasteiger partial charge < -0.3 is 0 Å². The van der Waals surface area contributed by atoms with Gasteiger partial charge in [-0.25, -0.2) is 8.78 Å². The highest BCUT2D eigenvalue weighted by atomic mass is 19.4. The summed E-state index contributed by atoms with van der Waals surface area (Å²) in [6.45, 7) is 0. The normalized spacial score (nSPS) is 13.5. The Bertz CT molecular complexity index is 2160. The van der Waals surface area contributed by atoms with Crippen LogP contribution in [0.5, 0.6) is 0 Å². The summed E-state index contributed by atoms with van der Waals surface area (Å²) in [6.07, 6.45) is -9.59.